The van der Waals surface area contributed by atoms with Crippen LogP contribution in [0.5, 0.6) is 0 Å². The lowest BCUT2D eigenvalue weighted by molar-refractivity contribution is -0.141. The summed E-state index contributed by atoms with van der Waals surface area (Å²) in [6.07, 6.45) is 18.4. The van der Waals surface area contributed by atoms with Crippen LogP contribution in [0, 0.1) is 0 Å². The van der Waals surface area contributed by atoms with Gasteiger partial charge in [0.15, 0.2) is 0 Å². The fraction of sp³-hybridized carbons (Fsp3) is 0.562. The Morgan fingerprint density at radius 3 is 2.22 bits per heavy atom. The molecule has 0 heterocycles. The SMILES string of the molecule is C=CCCCCCC=CC=CCCCOC(C)=O. The van der Waals surface area contributed by atoms with E-state index >= 15 is 0 Å². The third-order valence-corrected chi connectivity index (χ3v) is 2.48. The van der Waals surface area contributed by atoms with Gasteiger partial charge in [0.25, 0.3) is 0 Å². The normalized spacial score (nSPS) is 11.2. The molecular formula is C16H26O2. The molecule has 0 aliphatic carbocycles. The lowest BCUT2D eigenvalue weighted by Gasteiger charge is -1.97. The van der Waals surface area contributed by atoms with Crippen molar-refractivity contribution in [1.29, 1.82) is 0 Å². The van der Waals surface area contributed by atoms with E-state index in [1.54, 1.807) is 0 Å². The Morgan fingerprint density at radius 2 is 1.61 bits per heavy atom. The van der Waals surface area contributed by atoms with Crippen molar-refractivity contribution >= 4 is 5.97 Å². The van der Waals surface area contributed by atoms with E-state index in [1.807, 2.05) is 6.08 Å². The molecule has 0 saturated heterocycles. The highest BCUT2D eigenvalue weighted by atomic mass is 16.5. The van der Waals surface area contributed by atoms with Crippen LogP contribution < -0.4 is 0 Å². The molecule has 0 aromatic rings. The molecule has 0 bridgehead atoms. The van der Waals surface area contributed by atoms with Crippen molar-refractivity contribution in [3.8, 4) is 0 Å². The van der Waals surface area contributed by atoms with E-state index in [0.29, 0.717) is 6.61 Å². The smallest absolute Gasteiger partial charge is 0.302 e. The molecule has 0 atom stereocenters. The van der Waals surface area contributed by atoms with Crippen molar-refractivity contribution < 1.29 is 9.53 Å². The minimum absolute atomic E-state index is 0.199. The molecule has 0 aliphatic rings. The Kier molecular flexibility index (Phi) is 12.8. The first-order valence-electron chi connectivity index (χ1n) is 6.83. The maximum absolute atomic E-state index is 10.5. The molecule has 0 aromatic carbocycles. The van der Waals surface area contributed by atoms with Crippen LogP contribution in [0.2, 0.25) is 0 Å². The number of allylic oxidation sites excluding steroid dienone is 5. The lowest BCUT2D eigenvalue weighted by atomic mass is 10.1. The molecule has 0 aromatic heterocycles. The van der Waals surface area contributed by atoms with Crippen LogP contribution in [0.1, 0.15) is 51.9 Å². The average molecular weight is 250 g/mol. The maximum atomic E-state index is 10.5. The Hall–Kier alpha value is -1.31. The maximum Gasteiger partial charge on any atom is 0.302 e. The van der Waals surface area contributed by atoms with Crippen LogP contribution >= 0.6 is 0 Å². The minimum atomic E-state index is -0.199. The van der Waals surface area contributed by atoms with Crippen molar-refractivity contribution in [2.75, 3.05) is 6.61 Å². The van der Waals surface area contributed by atoms with Gasteiger partial charge in [-0.2, -0.15) is 0 Å². The van der Waals surface area contributed by atoms with Gasteiger partial charge in [0, 0.05) is 6.92 Å². The zero-order chi connectivity index (χ0) is 13.5. The molecule has 2 heteroatoms. The van der Waals surface area contributed by atoms with Gasteiger partial charge < -0.3 is 4.74 Å². The molecule has 2 nitrogen and oxygen atoms in total. The van der Waals surface area contributed by atoms with E-state index in [2.05, 4.69) is 30.9 Å². The number of carbonyl (C=O) groups excluding carboxylic acids is 1. The average Bonchev–Trinajstić information content (AvgIpc) is 2.34. The molecule has 0 amide bonds. The molecule has 0 radical (unpaired) electrons. The first-order chi connectivity index (χ1) is 8.77. The van der Waals surface area contributed by atoms with E-state index in [1.165, 1.54) is 26.2 Å². The van der Waals surface area contributed by atoms with Crippen molar-refractivity contribution in [2.24, 2.45) is 0 Å². The number of carbonyl (C=O) groups is 1. The number of hydrogen-bond donors (Lipinski definition) is 0. The van der Waals surface area contributed by atoms with Gasteiger partial charge >= 0.3 is 5.97 Å². The Morgan fingerprint density at radius 1 is 1.00 bits per heavy atom. The highest BCUT2D eigenvalue weighted by Gasteiger charge is 1.89. The van der Waals surface area contributed by atoms with Crippen molar-refractivity contribution in [3.63, 3.8) is 0 Å². The monoisotopic (exact) mass is 250 g/mol. The van der Waals surface area contributed by atoms with Gasteiger partial charge in [-0.1, -0.05) is 36.8 Å². The van der Waals surface area contributed by atoms with Crippen molar-refractivity contribution in [3.05, 3.63) is 37.0 Å². The third-order valence-electron chi connectivity index (χ3n) is 2.48. The summed E-state index contributed by atoms with van der Waals surface area (Å²) in [5, 5.41) is 0. The summed E-state index contributed by atoms with van der Waals surface area (Å²) in [6.45, 7) is 5.67. The van der Waals surface area contributed by atoms with Crippen molar-refractivity contribution in [2.45, 2.75) is 51.9 Å². The van der Waals surface area contributed by atoms with Gasteiger partial charge in [-0.25, -0.2) is 0 Å². The molecule has 0 rings (SSSR count). The van der Waals surface area contributed by atoms with Gasteiger partial charge in [-0.05, 0) is 38.5 Å². The van der Waals surface area contributed by atoms with Crippen LogP contribution in [0.15, 0.2) is 37.0 Å². The van der Waals surface area contributed by atoms with E-state index in [-0.39, 0.29) is 5.97 Å². The van der Waals surface area contributed by atoms with Gasteiger partial charge in [0.05, 0.1) is 6.61 Å². The summed E-state index contributed by atoms with van der Waals surface area (Å²) in [5.74, 6) is -0.199. The molecule has 0 aliphatic heterocycles. The second kappa shape index (κ2) is 13.8. The zero-order valence-corrected chi connectivity index (χ0v) is 11.6. The number of ether oxygens (including phenoxy) is 1. The summed E-state index contributed by atoms with van der Waals surface area (Å²) >= 11 is 0. The number of rotatable bonds is 11. The molecular weight excluding hydrogens is 224 g/mol. The predicted octanol–water partition coefficient (Wildman–Crippen LogP) is 4.58. The molecule has 0 N–H and O–H groups in total. The highest BCUT2D eigenvalue weighted by molar-refractivity contribution is 5.65. The summed E-state index contributed by atoms with van der Waals surface area (Å²) in [4.78, 5) is 10.5. The van der Waals surface area contributed by atoms with Crippen LogP contribution in [-0.4, -0.2) is 12.6 Å². The highest BCUT2D eigenvalue weighted by Crippen LogP contribution is 2.03. The quantitative estimate of drug-likeness (QED) is 0.232. The van der Waals surface area contributed by atoms with E-state index in [4.69, 9.17) is 4.74 Å². The molecule has 18 heavy (non-hydrogen) atoms. The third kappa shape index (κ3) is 14.7. The number of hydrogen-bond acceptors (Lipinski definition) is 2. The van der Waals surface area contributed by atoms with Gasteiger partial charge in [0.1, 0.15) is 0 Å². The molecule has 0 saturated carbocycles. The minimum Gasteiger partial charge on any atom is -0.466 e. The van der Waals surface area contributed by atoms with E-state index in [0.717, 1.165) is 25.7 Å². The van der Waals surface area contributed by atoms with Gasteiger partial charge in [0.2, 0.25) is 0 Å². The van der Waals surface area contributed by atoms with Gasteiger partial charge in [-0.3, -0.25) is 4.79 Å². The first-order valence-corrected chi connectivity index (χ1v) is 6.83. The molecule has 0 fully saturated rings. The summed E-state index contributed by atoms with van der Waals surface area (Å²) < 4.78 is 4.84. The summed E-state index contributed by atoms with van der Waals surface area (Å²) in [5.41, 5.74) is 0. The van der Waals surface area contributed by atoms with E-state index < -0.39 is 0 Å². The molecule has 102 valence electrons. The number of esters is 1. The second-order valence-corrected chi connectivity index (χ2v) is 4.27. The Labute approximate surface area is 111 Å². The predicted molar refractivity (Wildman–Crippen MR) is 77.4 cm³/mol. The fourth-order valence-corrected chi connectivity index (χ4v) is 1.49. The summed E-state index contributed by atoms with van der Waals surface area (Å²) in [6, 6.07) is 0. The van der Waals surface area contributed by atoms with Crippen LogP contribution in [0.4, 0.5) is 0 Å². The van der Waals surface area contributed by atoms with Crippen LogP contribution in [0.3, 0.4) is 0 Å². The van der Waals surface area contributed by atoms with Gasteiger partial charge in [-0.15, -0.1) is 6.58 Å². The zero-order valence-electron chi connectivity index (χ0n) is 11.6. The van der Waals surface area contributed by atoms with Crippen LogP contribution in [-0.2, 0) is 9.53 Å². The van der Waals surface area contributed by atoms with Crippen molar-refractivity contribution in [1.82, 2.24) is 0 Å². The lowest BCUT2D eigenvalue weighted by Crippen LogP contribution is -1.99. The summed E-state index contributed by atoms with van der Waals surface area (Å²) in [7, 11) is 0. The topological polar surface area (TPSA) is 26.3 Å². The molecule has 0 unspecified atom stereocenters. The van der Waals surface area contributed by atoms with Crippen LogP contribution in [0.25, 0.3) is 0 Å². The number of unbranched alkanes of at least 4 members (excludes halogenated alkanes) is 5. The molecule has 0 spiro atoms. The largest absolute Gasteiger partial charge is 0.466 e. The Balaban J connectivity index is 3.24. The van der Waals surface area contributed by atoms with E-state index in [9.17, 15) is 4.79 Å². The Bertz CT molecular complexity index is 264. The standard InChI is InChI=1S/C16H26O2/c1-3-4-5-6-7-8-9-10-11-12-13-14-15-18-16(2)17/h3,9-12H,1,4-8,13-15H2,2H3. The fourth-order valence-electron chi connectivity index (χ4n) is 1.49. The first kappa shape index (κ1) is 16.7. The second-order valence-electron chi connectivity index (χ2n) is 4.27.